The summed E-state index contributed by atoms with van der Waals surface area (Å²) in [6.07, 6.45) is 14.9. The van der Waals surface area contributed by atoms with Gasteiger partial charge in [-0.05, 0) is 116 Å². The topological polar surface area (TPSA) is 118 Å². The summed E-state index contributed by atoms with van der Waals surface area (Å²) in [6.45, 7) is 10.9. The van der Waals surface area contributed by atoms with Gasteiger partial charge >= 0.3 is 0 Å². The van der Waals surface area contributed by atoms with Crippen molar-refractivity contribution in [3.8, 4) is 11.8 Å². The molecule has 0 radical (unpaired) electrons. The molecule has 0 aromatic heterocycles. The molecule has 0 saturated heterocycles. The predicted molar refractivity (Wildman–Crippen MR) is 191 cm³/mol. The zero-order valence-electron chi connectivity index (χ0n) is 31.2. The van der Waals surface area contributed by atoms with Gasteiger partial charge in [-0.25, -0.2) is 0 Å². The van der Waals surface area contributed by atoms with E-state index in [0.29, 0.717) is 12.8 Å². The Bertz CT molecular complexity index is 1400. The number of aliphatic hydroxyl groups excluding tert-OH is 5. The number of fused-ring (bicyclic) bond motifs is 8. The maximum absolute atomic E-state index is 15.4. The normalized spacial score (nSPS) is 50.4. The molecule has 0 heterocycles. The second-order valence-corrected chi connectivity index (χ2v) is 19.5. The molecule has 6 heteroatoms. The minimum absolute atomic E-state index is 0.0246. The van der Waals surface area contributed by atoms with Crippen molar-refractivity contribution in [2.45, 2.75) is 175 Å². The van der Waals surface area contributed by atoms with E-state index in [1.54, 1.807) is 0 Å². The van der Waals surface area contributed by atoms with E-state index in [0.717, 1.165) is 103 Å². The van der Waals surface area contributed by atoms with Crippen LogP contribution in [0.4, 0.5) is 0 Å². The Labute approximate surface area is 295 Å². The van der Waals surface area contributed by atoms with E-state index in [9.17, 15) is 25.5 Å². The number of unbranched alkanes of at least 4 members (excludes halogenated alkanes) is 3. The molecular formula is C43H66O6. The van der Waals surface area contributed by atoms with Crippen molar-refractivity contribution in [2.75, 3.05) is 6.61 Å². The molecular weight excluding hydrogens is 612 g/mol. The molecule has 274 valence electrons. The van der Waals surface area contributed by atoms with Crippen LogP contribution in [0.3, 0.4) is 0 Å². The van der Waals surface area contributed by atoms with Crippen molar-refractivity contribution in [2.24, 2.45) is 55.7 Å². The van der Waals surface area contributed by atoms with Gasteiger partial charge in [0, 0.05) is 23.2 Å². The molecule has 5 N–H and O–H groups in total. The van der Waals surface area contributed by atoms with Gasteiger partial charge in [-0.1, -0.05) is 84.6 Å². The Morgan fingerprint density at radius 1 is 0.918 bits per heavy atom. The van der Waals surface area contributed by atoms with E-state index in [1.807, 2.05) is 13.0 Å². The van der Waals surface area contributed by atoms with Crippen molar-refractivity contribution in [1.29, 1.82) is 0 Å². The smallest absolute Gasteiger partial charge is 0.159 e. The lowest BCUT2D eigenvalue weighted by atomic mass is 9.30. The second kappa shape index (κ2) is 12.2. The van der Waals surface area contributed by atoms with Crippen molar-refractivity contribution in [1.82, 2.24) is 0 Å². The van der Waals surface area contributed by atoms with Gasteiger partial charge in [0.15, 0.2) is 5.78 Å². The van der Waals surface area contributed by atoms with Crippen LogP contribution >= 0.6 is 0 Å². The molecule has 0 aliphatic heterocycles. The van der Waals surface area contributed by atoms with Gasteiger partial charge in [-0.2, -0.15) is 0 Å². The molecule has 13 unspecified atom stereocenters. The van der Waals surface area contributed by atoms with E-state index in [4.69, 9.17) is 0 Å². The zero-order valence-corrected chi connectivity index (χ0v) is 31.2. The van der Waals surface area contributed by atoms with Gasteiger partial charge in [0.1, 0.15) is 6.10 Å². The van der Waals surface area contributed by atoms with Gasteiger partial charge in [0.05, 0.1) is 24.9 Å². The molecule has 2 bridgehead atoms. The molecule has 5 fully saturated rings. The molecule has 8 rings (SSSR count). The largest absolute Gasteiger partial charge is 0.394 e. The summed E-state index contributed by atoms with van der Waals surface area (Å²) in [6, 6.07) is 0. The molecule has 8 aliphatic carbocycles. The van der Waals surface area contributed by atoms with Crippen LogP contribution in [0, 0.1) is 67.5 Å². The third kappa shape index (κ3) is 4.60. The highest BCUT2D eigenvalue weighted by molar-refractivity contribution is 5.95. The quantitative estimate of drug-likeness (QED) is 0.148. The molecule has 0 amide bonds. The SMILES string of the molecule is CCCCCCC12CCC(O)C(C)(C(O)CO)C1CCC1(C)C2C(=O)C=C2C3CC4(C)CCC#CC(O)C3(C(O)CC21C)C1(CCCC1)C4. The second-order valence-electron chi connectivity index (χ2n) is 19.5. The summed E-state index contributed by atoms with van der Waals surface area (Å²) < 4.78 is 0. The summed E-state index contributed by atoms with van der Waals surface area (Å²) in [5.41, 5.74) is -2.02. The fraction of sp³-hybridized carbons (Fsp3) is 0.884. The van der Waals surface area contributed by atoms with Crippen molar-refractivity contribution in [3.05, 3.63) is 11.6 Å². The highest BCUT2D eigenvalue weighted by Crippen LogP contribution is 2.80. The van der Waals surface area contributed by atoms with E-state index in [1.165, 1.54) is 5.57 Å². The fourth-order valence-electron chi connectivity index (χ4n) is 15.4. The molecule has 0 aromatic carbocycles. The van der Waals surface area contributed by atoms with Crippen LogP contribution in [0.25, 0.3) is 0 Å². The first-order valence-electron chi connectivity index (χ1n) is 20.2. The third-order valence-corrected chi connectivity index (χ3v) is 17.7. The molecule has 8 aliphatic rings. The minimum atomic E-state index is -1.07. The summed E-state index contributed by atoms with van der Waals surface area (Å²) in [5.74, 6) is 6.29. The number of aliphatic hydroxyl groups is 5. The Morgan fingerprint density at radius 3 is 2.35 bits per heavy atom. The van der Waals surface area contributed by atoms with Gasteiger partial charge in [-0.3, -0.25) is 4.79 Å². The van der Waals surface area contributed by atoms with E-state index in [2.05, 4.69) is 39.5 Å². The van der Waals surface area contributed by atoms with Gasteiger partial charge in [0.2, 0.25) is 0 Å². The maximum atomic E-state index is 15.4. The van der Waals surface area contributed by atoms with E-state index >= 15 is 4.79 Å². The number of ketones is 1. The minimum Gasteiger partial charge on any atom is -0.394 e. The van der Waals surface area contributed by atoms with Crippen LogP contribution in [0.5, 0.6) is 0 Å². The summed E-state index contributed by atoms with van der Waals surface area (Å²) in [7, 11) is 0. The fourth-order valence-corrected chi connectivity index (χ4v) is 15.4. The monoisotopic (exact) mass is 678 g/mol. The average Bonchev–Trinajstić information content (AvgIpc) is 3.54. The Kier molecular flexibility index (Phi) is 8.97. The number of rotatable bonds is 7. The van der Waals surface area contributed by atoms with Gasteiger partial charge < -0.3 is 25.5 Å². The highest BCUT2D eigenvalue weighted by atomic mass is 16.3. The zero-order chi connectivity index (χ0) is 35.3. The Balaban J connectivity index is 1.41. The number of carbonyl (C=O) groups is 1. The van der Waals surface area contributed by atoms with Crippen LogP contribution in [0.1, 0.15) is 150 Å². The molecule has 6 nitrogen and oxygen atoms in total. The first kappa shape index (κ1) is 36.1. The standard InChI is InChI=1S/C43H66O6/c1-6-7-8-10-20-42-22-16-32(46)40(5,35(49)26-44)31(42)15-21-38(3)36(42)30(45)23-28-29-24-37(2)17-11-9-14-33(47)43(29,34(48)25-39(28,38)4)41(27-37)18-12-13-19-41/h23,29,31-36,44,46-49H,6-8,10-13,15-22,24-27H2,1-5H3. The van der Waals surface area contributed by atoms with Crippen LogP contribution in [-0.2, 0) is 4.79 Å². The Hall–Kier alpha value is -1.23. The predicted octanol–water partition coefficient (Wildman–Crippen LogP) is 6.89. The molecule has 13 atom stereocenters. The van der Waals surface area contributed by atoms with Gasteiger partial charge in [-0.15, -0.1) is 5.92 Å². The lowest BCUT2D eigenvalue weighted by Gasteiger charge is -2.74. The lowest BCUT2D eigenvalue weighted by Crippen LogP contribution is -2.73. The van der Waals surface area contributed by atoms with Crippen molar-refractivity contribution < 1.29 is 30.3 Å². The third-order valence-electron chi connectivity index (χ3n) is 17.7. The molecule has 0 aromatic rings. The first-order valence-corrected chi connectivity index (χ1v) is 20.2. The summed E-state index contributed by atoms with van der Waals surface area (Å²) >= 11 is 0. The Morgan fingerprint density at radius 2 is 1.65 bits per heavy atom. The molecule has 2 spiro atoms. The number of carbonyl (C=O) groups excluding carboxylic acids is 1. The summed E-state index contributed by atoms with van der Waals surface area (Å²) in [5, 5.41) is 58.5. The maximum Gasteiger partial charge on any atom is 0.159 e. The highest BCUT2D eigenvalue weighted by Gasteiger charge is 2.77. The van der Waals surface area contributed by atoms with Crippen molar-refractivity contribution in [3.63, 3.8) is 0 Å². The number of allylic oxidation sites excluding steroid dienone is 2. The van der Waals surface area contributed by atoms with Crippen molar-refractivity contribution >= 4 is 5.78 Å². The number of hydrogen-bond acceptors (Lipinski definition) is 6. The summed E-state index contributed by atoms with van der Waals surface area (Å²) in [4.78, 5) is 15.4. The average molecular weight is 679 g/mol. The lowest BCUT2D eigenvalue weighted by molar-refractivity contribution is -0.262. The van der Waals surface area contributed by atoms with Crippen LogP contribution < -0.4 is 0 Å². The molecule has 49 heavy (non-hydrogen) atoms. The van der Waals surface area contributed by atoms with Gasteiger partial charge in [0.25, 0.3) is 0 Å². The first-order chi connectivity index (χ1) is 23.2. The van der Waals surface area contributed by atoms with E-state index in [-0.39, 0.29) is 34.4 Å². The molecule has 5 saturated carbocycles. The van der Waals surface area contributed by atoms with Crippen LogP contribution in [0.2, 0.25) is 0 Å². The van der Waals surface area contributed by atoms with E-state index < -0.39 is 58.1 Å². The number of hydrogen-bond donors (Lipinski definition) is 5. The van der Waals surface area contributed by atoms with Crippen LogP contribution in [0.15, 0.2) is 11.6 Å². The van der Waals surface area contributed by atoms with Crippen LogP contribution in [-0.4, -0.2) is 62.3 Å².